The fraction of sp³-hybridized carbons (Fsp3) is 0.429. The van der Waals surface area contributed by atoms with Crippen molar-refractivity contribution in [3.05, 3.63) is 45.8 Å². The summed E-state index contributed by atoms with van der Waals surface area (Å²) in [5.41, 5.74) is 1.70. The molecule has 0 spiro atoms. The van der Waals surface area contributed by atoms with Crippen LogP contribution in [0, 0.1) is 0 Å². The molecule has 9 heteroatoms. The van der Waals surface area contributed by atoms with Crippen LogP contribution in [0.5, 0.6) is 0 Å². The largest absolute Gasteiger partial charge is 0.465 e. The van der Waals surface area contributed by atoms with Crippen LogP contribution in [0.3, 0.4) is 0 Å². The lowest BCUT2D eigenvalue weighted by Crippen LogP contribution is -2.28. The highest BCUT2D eigenvalue weighted by Crippen LogP contribution is 2.39. The standard InChI is InChI=1S/C21H26N2O5S2/c1-4-5-13-23(2)30(26,27)15-11-9-14(10-12-15)19(24)22-20-18(21(25)28-3)16-7-6-8-17(16)29-20/h9-12H,4-8,13H2,1-3H3,(H,22,24). The van der Waals surface area contributed by atoms with Gasteiger partial charge >= 0.3 is 5.97 Å². The number of unbranched alkanes of at least 4 members (excludes halogenated alkanes) is 1. The lowest BCUT2D eigenvalue weighted by atomic mass is 10.1. The van der Waals surface area contributed by atoms with E-state index in [1.165, 1.54) is 47.0 Å². The topological polar surface area (TPSA) is 92.8 Å². The Kier molecular flexibility index (Phi) is 6.95. The van der Waals surface area contributed by atoms with E-state index in [1.807, 2.05) is 6.92 Å². The second kappa shape index (κ2) is 9.28. The minimum absolute atomic E-state index is 0.142. The molecular formula is C21H26N2O5S2. The normalized spacial score (nSPS) is 13.3. The summed E-state index contributed by atoms with van der Waals surface area (Å²) in [5, 5.41) is 3.28. The lowest BCUT2D eigenvalue weighted by Gasteiger charge is -2.17. The molecule has 0 unspecified atom stereocenters. The fourth-order valence-electron chi connectivity index (χ4n) is 3.44. The zero-order chi connectivity index (χ0) is 21.9. The summed E-state index contributed by atoms with van der Waals surface area (Å²) in [6.07, 6.45) is 4.35. The molecule has 0 bridgehead atoms. The molecule has 1 aromatic heterocycles. The Labute approximate surface area is 181 Å². The number of esters is 1. The Morgan fingerprint density at radius 1 is 1.20 bits per heavy atom. The van der Waals surface area contributed by atoms with Crippen molar-refractivity contribution in [2.45, 2.75) is 43.9 Å². The third kappa shape index (κ3) is 4.43. The van der Waals surface area contributed by atoms with Gasteiger partial charge in [0.25, 0.3) is 5.91 Å². The molecule has 7 nitrogen and oxygen atoms in total. The molecule has 1 N–H and O–H groups in total. The number of ether oxygens (including phenoxy) is 1. The Morgan fingerprint density at radius 3 is 2.53 bits per heavy atom. The molecule has 0 saturated heterocycles. The molecule has 1 aromatic carbocycles. The fourth-order valence-corrected chi connectivity index (χ4v) is 5.93. The highest BCUT2D eigenvalue weighted by atomic mass is 32.2. The van der Waals surface area contributed by atoms with Crippen LogP contribution in [0.2, 0.25) is 0 Å². The summed E-state index contributed by atoms with van der Waals surface area (Å²) < 4.78 is 31.5. The summed E-state index contributed by atoms with van der Waals surface area (Å²) in [6, 6.07) is 5.83. The van der Waals surface area contributed by atoms with E-state index < -0.39 is 21.9 Å². The number of carbonyl (C=O) groups excluding carboxylic acids is 2. The van der Waals surface area contributed by atoms with Crippen molar-refractivity contribution in [1.82, 2.24) is 4.31 Å². The number of benzene rings is 1. The Balaban J connectivity index is 1.79. The van der Waals surface area contributed by atoms with E-state index >= 15 is 0 Å². The second-order valence-electron chi connectivity index (χ2n) is 7.21. The van der Waals surface area contributed by atoms with Gasteiger partial charge in [-0.2, -0.15) is 0 Å². The molecule has 30 heavy (non-hydrogen) atoms. The van der Waals surface area contributed by atoms with Gasteiger partial charge in [-0.25, -0.2) is 17.5 Å². The number of anilines is 1. The zero-order valence-corrected chi connectivity index (χ0v) is 19.0. The van der Waals surface area contributed by atoms with E-state index in [-0.39, 0.29) is 4.90 Å². The van der Waals surface area contributed by atoms with Crippen LogP contribution in [-0.4, -0.2) is 45.3 Å². The summed E-state index contributed by atoms with van der Waals surface area (Å²) in [7, 11) is -0.715. The predicted molar refractivity (Wildman–Crippen MR) is 117 cm³/mol. The number of aryl methyl sites for hydroxylation is 1. The maximum atomic E-state index is 12.7. The van der Waals surface area contributed by atoms with Gasteiger partial charge in [0.2, 0.25) is 10.0 Å². The number of sulfonamides is 1. The number of nitrogens with one attached hydrogen (secondary N) is 1. The number of thiophene rings is 1. The number of amides is 1. The van der Waals surface area contributed by atoms with Crippen LogP contribution in [0.15, 0.2) is 29.2 Å². The van der Waals surface area contributed by atoms with Crippen molar-refractivity contribution in [1.29, 1.82) is 0 Å². The maximum absolute atomic E-state index is 12.7. The van der Waals surface area contributed by atoms with Crippen molar-refractivity contribution in [2.75, 3.05) is 26.0 Å². The lowest BCUT2D eigenvalue weighted by molar-refractivity contribution is 0.0601. The van der Waals surface area contributed by atoms with Crippen molar-refractivity contribution in [3.8, 4) is 0 Å². The molecule has 0 aliphatic heterocycles. The van der Waals surface area contributed by atoms with Gasteiger partial charge in [0.05, 0.1) is 17.6 Å². The van der Waals surface area contributed by atoms with Crippen molar-refractivity contribution < 1.29 is 22.7 Å². The Bertz CT molecular complexity index is 1040. The van der Waals surface area contributed by atoms with Gasteiger partial charge in [-0.15, -0.1) is 11.3 Å². The van der Waals surface area contributed by atoms with Gasteiger partial charge < -0.3 is 10.1 Å². The highest BCUT2D eigenvalue weighted by molar-refractivity contribution is 7.89. The quantitative estimate of drug-likeness (QED) is 0.619. The van der Waals surface area contributed by atoms with Crippen LogP contribution in [0.25, 0.3) is 0 Å². The second-order valence-corrected chi connectivity index (χ2v) is 10.4. The predicted octanol–water partition coefficient (Wildman–Crippen LogP) is 3.70. The summed E-state index contributed by atoms with van der Waals surface area (Å²) in [6.45, 7) is 2.45. The Morgan fingerprint density at radius 2 is 1.90 bits per heavy atom. The monoisotopic (exact) mass is 450 g/mol. The number of methoxy groups -OCH3 is 1. The summed E-state index contributed by atoms with van der Waals surface area (Å²) >= 11 is 1.40. The van der Waals surface area contributed by atoms with Gasteiger partial charge in [-0.3, -0.25) is 4.79 Å². The molecule has 3 rings (SSSR count). The number of hydrogen-bond acceptors (Lipinski definition) is 6. The van der Waals surface area contributed by atoms with Gasteiger partial charge in [0, 0.05) is 24.0 Å². The zero-order valence-electron chi connectivity index (χ0n) is 17.4. The van der Waals surface area contributed by atoms with Crippen molar-refractivity contribution in [2.24, 2.45) is 0 Å². The molecule has 0 fully saturated rings. The van der Waals surface area contributed by atoms with Gasteiger partial charge in [0.1, 0.15) is 5.00 Å². The van der Waals surface area contributed by atoms with Gasteiger partial charge in [-0.05, 0) is 55.5 Å². The van der Waals surface area contributed by atoms with Crippen molar-refractivity contribution >= 4 is 38.2 Å². The average Bonchev–Trinajstić information content (AvgIpc) is 3.32. The first-order valence-corrected chi connectivity index (χ1v) is 12.2. The molecule has 0 saturated carbocycles. The maximum Gasteiger partial charge on any atom is 0.341 e. The van der Waals surface area contributed by atoms with E-state index in [2.05, 4.69) is 5.32 Å². The molecule has 0 radical (unpaired) electrons. The minimum atomic E-state index is -3.59. The van der Waals surface area contributed by atoms with E-state index in [1.54, 1.807) is 7.05 Å². The van der Waals surface area contributed by atoms with Crippen LogP contribution < -0.4 is 5.32 Å². The van der Waals surface area contributed by atoms with Gasteiger partial charge in [-0.1, -0.05) is 13.3 Å². The number of carbonyl (C=O) groups is 2. The van der Waals surface area contributed by atoms with Crippen LogP contribution in [-0.2, 0) is 27.6 Å². The van der Waals surface area contributed by atoms with Crippen LogP contribution >= 0.6 is 11.3 Å². The number of nitrogens with zero attached hydrogens (tertiary/aromatic N) is 1. The molecular weight excluding hydrogens is 424 g/mol. The first-order chi connectivity index (χ1) is 14.3. The molecule has 1 aliphatic rings. The molecule has 2 aromatic rings. The molecule has 1 heterocycles. The van der Waals surface area contributed by atoms with Gasteiger partial charge in [0.15, 0.2) is 0 Å². The first kappa shape index (κ1) is 22.5. The van der Waals surface area contributed by atoms with Crippen LogP contribution in [0.1, 0.15) is 57.3 Å². The molecule has 162 valence electrons. The third-order valence-electron chi connectivity index (χ3n) is 5.19. The Hall–Kier alpha value is -2.23. The summed E-state index contributed by atoms with van der Waals surface area (Å²) in [5.74, 6) is -0.857. The number of hydrogen-bond donors (Lipinski definition) is 1. The molecule has 1 aliphatic carbocycles. The van der Waals surface area contributed by atoms with E-state index in [9.17, 15) is 18.0 Å². The van der Waals surface area contributed by atoms with E-state index in [0.717, 1.165) is 42.5 Å². The molecule has 1 amide bonds. The summed E-state index contributed by atoms with van der Waals surface area (Å²) in [4.78, 5) is 26.2. The highest BCUT2D eigenvalue weighted by Gasteiger charge is 2.28. The number of fused-ring (bicyclic) bond motifs is 1. The van der Waals surface area contributed by atoms with E-state index in [0.29, 0.717) is 22.7 Å². The average molecular weight is 451 g/mol. The first-order valence-electron chi connectivity index (χ1n) is 9.90. The van der Waals surface area contributed by atoms with Crippen LogP contribution in [0.4, 0.5) is 5.00 Å². The smallest absolute Gasteiger partial charge is 0.341 e. The minimum Gasteiger partial charge on any atom is -0.465 e. The number of rotatable bonds is 8. The molecule has 0 atom stereocenters. The third-order valence-corrected chi connectivity index (χ3v) is 8.27. The van der Waals surface area contributed by atoms with E-state index in [4.69, 9.17) is 4.74 Å². The SMILES string of the molecule is CCCCN(C)S(=O)(=O)c1ccc(C(=O)Nc2sc3c(c2C(=O)OC)CCC3)cc1. The van der Waals surface area contributed by atoms with Crippen molar-refractivity contribution in [3.63, 3.8) is 0 Å².